The zero-order valence-corrected chi connectivity index (χ0v) is 15.3. The quantitative estimate of drug-likeness (QED) is 0.701. The number of fused-ring (bicyclic) bond motifs is 3. The third-order valence-electron chi connectivity index (χ3n) is 5.25. The fourth-order valence-electron chi connectivity index (χ4n) is 3.73. The first kappa shape index (κ1) is 16.6. The van der Waals surface area contributed by atoms with Crippen molar-refractivity contribution < 1.29 is 4.79 Å². The Bertz CT molecular complexity index is 918. The Balaban J connectivity index is 1.62. The Hall–Kier alpha value is -2.82. The van der Waals surface area contributed by atoms with Crippen LogP contribution in [0.1, 0.15) is 25.1 Å². The van der Waals surface area contributed by atoms with E-state index in [4.69, 9.17) is 4.98 Å². The second-order valence-corrected chi connectivity index (χ2v) is 6.86. The molecule has 0 saturated heterocycles. The number of carbonyl (C=O) groups excluding carboxylic acids is 1. The number of benzene rings is 2. The summed E-state index contributed by atoms with van der Waals surface area (Å²) in [7, 11) is 2.11. The Labute approximate surface area is 153 Å². The largest absolute Gasteiger partial charge is 0.375 e. The van der Waals surface area contributed by atoms with Gasteiger partial charge in [0.25, 0.3) is 0 Å². The summed E-state index contributed by atoms with van der Waals surface area (Å²) in [5, 5.41) is 0. The van der Waals surface area contributed by atoms with Gasteiger partial charge in [-0.1, -0.05) is 30.3 Å². The van der Waals surface area contributed by atoms with Gasteiger partial charge in [-0.05, 0) is 37.6 Å². The molecule has 1 atom stereocenters. The average Bonchev–Trinajstić information content (AvgIpc) is 3.08. The van der Waals surface area contributed by atoms with Crippen molar-refractivity contribution in [3.63, 3.8) is 0 Å². The minimum Gasteiger partial charge on any atom is -0.375 e. The van der Waals surface area contributed by atoms with Crippen LogP contribution in [-0.4, -0.2) is 47.2 Å². The van der Waals surface area contributed by atoms with Crippen molar-refractivity contribution >= 4 is 22.8 Å². The zero-order valence-electron chi connectivity index (χ0n) is 15.3. The standard InChI is InChI=1S/C21H24N4O/c1-3-24-15-16(13-14-23(2)17-9-5-4-6-10-17)20-22-18-11-7-8-12-19(18)25(20)21(24)26/h4-12,16H,3,13-15H2,1-2H3. The highest BCUT2D eigenvalue weighted by Crippen LogP contribution is 2.30. The maximum atomic E-state index is 12.9. The Kier molecular flexibility index (Phi) is 4.37. The minimum atomic E-state index is 0.0452. The average molecular weight is 348 g/mol. The molecule has 0 aliphatic carbocycles. The van der Waals surface area contributed by atoms with Crippen LogP contribution in [0.5, 0.6) is 0 Å². The predicted molar refractivity (Wildman–Crippen MR) is 105 cm³/mol. The normalized spacial score (nSPS) is 16.8. The predicted octanol–water partition coefficient (Wildman–Crippen LogP) is 3.95. The summed E-state index contributed by atoms with van der Waals surface area (Å²) in [6.45, 7) is 4.41. The Morgan fingerprint density at radius 1 is 1.12 bits per heavy atom. The lowest BCUT2D eigenvalue weighted by Gasteiger charge is -2.33. The molecule has 2 aromatic carbocycles. The Morgan fingerprint density at radius 3 is 2.62 bits per heavy atom. The number of imidazole rings is 1. The van der Waals surface area contributed by atoms with Gasteiger partial charge in [-0.2, -0.15) is 0 Å². The van der Waals surface area contributed by atoms with Crippen molar-refractivity contribution in [2.75, 3.05) is 31.6 Å². The summed E-state index contributed by atoms with van der Waals surface area (Å²) in [5.74, 6) is 1.15. The molecular formula is C21H24N4O. The van der Waals surface area contributed by atoms with Gasteiger partial charge in [-0.15, -0.1) is 0 Å². The first-order chi connectivity index (χ1) is 12.7. The molecule has 0 bridgehead atoms. The van der Waals surface area contributed by atoms with E-state index >= 15 is 0 Å². The molecule has 0 saturated carbocycles. The summed E-state index contributed by atoms with van der Waals surface area (Å²) in [6.07, 6.45) is 0.957. The maximum absolute atomic E-state index is 12.9. The van der Waals surface area contributed by atoms with Crippen molar-refractivity contribution in [3.8, 4) is 0 Å². The number of anilines is 1. The zero-order chi connectivity index (χ0) is 18.1. The molecule has 1 amide bonds. The van der Waals surface area contributed by atoms with Crippen molar-refractivity contribution in [2.45, 2.75) is 19.3 Å². The molecule has 4 rings (SSSR count). The highest BCUT2D eigenvalue weighted by molar-refractivity contribution is 5.91. The van der Waals surface area contributed by atoms with Gasteiger partial charge in [0.2, 0.25) is 0 Å². The molecule has 5 heteroatoms. The van der Waals surface area contributed by atoms with E-state index in [1.54, 1.807) is 0 Å². The van der Waals surface area contributed by atoms with E-state index in [1.807, 2.05) is 46.7 Å². The van der Waals surface area contributed by atoms with Crippen LogP contribution in [0.2, 0.25) is 0 Å². The van der Waals surface area contributed by atoms with Crippen LogP contribution in [0.3, 0.4) is 0 Å². The van der Waals surface area contributed by atoms with Gasteiger partial charge in [0.15, 0.2) is 0 Å². The molecule has 134 valence electrons. The molecule has 5 nitrogen and oxygen atoms in total. The highest BCUT2D eigenvalue weighted by atomic mass is 16.2. The van der Waals surface area contributed by atoms with Gasteiger partial charge in [0.1, 0.15) is 5.82 Å². The summed E-state index contributed by atoms with van der Waals surface area (Å²) in [6, 6.07) is 18.3. The third-order valence-corrected chi connectivity index (χ3v) is 5.25. The molecule has 1 aliphatic heterocycles. The number of nitrogens with zero attached hydrogens (tertiary/aromatic N) is 4. The fraction of sp³-hybridized carbons (Fsp3) is 0.333. The molecular weight excluding hydrogens is 324 g/mol. The van der Waals surface area contributed by atoms with E-state index in [2.05, 4.69) is 36.2 Å². The summed E-state index contributed by atoms with van der Waals surface area (Å²) < 4.78 is 1.81. The van der Waals surface area contributed by atoms with E-state index in [0.29, 0.717) is 0 Å². The maximum Gasteiger partial charge on any atom is 0.330 e. The fourth-order valence-corrected chi connectivity index (χ4v) is 3.73. The monoisotopic (exact) mass is 348 g/mol. The third kappa shape index (κ3) is 2.83. The molecule has 1 aromatic heterocycles. The number of hydrogen-bond donors (Lipinski definition) is 0. The molecule has 1 unspecified atom stereocenters. The summed E-state index contributed by atoms with van der Waals surface area (Å²) >= 11 is 0. The summed E-state index contributed by atoms with van der Waals surface area (Å²) in [4.78, 5) is 21.9. The van der Waals surface area contributed by atoms with Crippen LogP contribution in [0.15, 0.2) is 54.6 Å². The first-order valence-electron chi connectivity index (χ1n) is 9.22. The van der Waals surface area contributed by atoms with Crippen LogP contribution >= 0.6 is 0 Å². The topological polar surface area (TPSA) is 41.4 Å². The van der Waals surface area contributed by atoms with Gasteiger partial charge < -0.3 is 9.80 Å². The lowest BCUT2D eigenvalue weighted by Crippen LogP contribution is -2.44. The van der Waals surface area contributed by atoms with E-state index in [-0.39, 0.29) is 11.9 Å². The van der Waals surface area contributed by atoms with Gasteiger partial charge in [-0.25, -0.2) is 14.3 Å². The number of hydrogen-bond acceptors (Lipinski definition) is 3. The molecule has 26 heavy (non-hydrogen) atoms. The van der Waals surface area contributed by atoms with Crippen LogP contribution in [-0.2, 0) is 0 Å². The summed E-state index contributed by atoms with van der Waals surface area (Å²) in [5.41, 5.74) is 3.02. The van der Waals surface area contributed by atoms with E-state index < -0.39 is 0 Å². The van der Waals surface area contributed by atoms with Gasteiger partial charge in [0.05, 0.1) is 11.0 Å². The minimum absolute atomic E-state index is 0.0452. The van der Waals surface area contributed by atoms with Crippen LogP contribution in [0.4, 0.5) is 10.5 Å². The SMILES string of the molecule is CCN1CC(CCN(C)c2ccccc2)c2nc3ccccc3n2C1=O. The van der Waals surface area contributed by atoms with Crippen LogP contribution in [0.25, 0.3) is 11.0 Å². The molecule has 0 spiro atoms. The second-order valence-electron chi connectivity index (χ2n) is 6.86. The molecule has 3 aromatic rings. The van der Waals surface area contributed by atoms with Crippen LogP contribution < -0.4 is 4.90 Å². The van der Waals surface area contributed by atoms with Crippen molar-refractivity contribution in [1.82, 2.24) is 14.5 Å². The van der Waals surface area contributed by atoms with Crippen molar-refractivity contribution in [2.24, 2.45) is 0 Å². The Morgan fingerprint density at radius 2 is 1.85 bits per heavy atom. The molecule has 1 aliphatic rings. The van der Waals surface area contributed by atoms with Gasteiger partial charge in [0, 0.05) is 38.3 Å². The van der Waals surface area contributed by atoms with Crippen molar-refractivity contribution in [1.29, 1.82) is 0 Å². The molecule has 2 heterocycles. The van der Waals surface area contributed by atoms with E-state index in [0.717, 1.165) is 42.9 Å². The van der Waals surface area contributed by atoms with Crippen molar-refractivity contribution in [3.05, 3.63) is 60.4 Å². The molecule has 0 fully saturated rings. The number of rotatable bonds is 5. The van der Waals surface area contributed by atoms with Gasteiger partial charge >= 0.3 is 6.03 Å². The lowest BCUT2D eigenvalue weighted by molar-refractivity contribution is 0.187. The highest BCUT2D eigenvalue weighted by Gasteiger charge is 2.33. The van der Waals surface area contributed by atoms with E-state index in [9.17, 15) is 4.79 Å². The molecule has 0 radical (unpaired) electrons. The number of carbonyl (C=O) groups is 1. The number of likely N-dealkylation sites (N-methyl/N-ethyl adjacent to an activating group) is 1. The first-order valence-corrected chi connectivity index (χ1v) is 9.22. The smallest absolute Gasteiger partial charge is 0.330 e. The second kappa shape index (κ2) is 6.83. The van der Waals surface area contributed by atoms with Gasteiger partial charge in [-0.3, -0.25) is 0 Å². The number of aromatic nitrogens is 2. The number of para-hydroxylation sites is 3. The molecule has 0 N–H and O–H groups in total. The number of amides is 1. The van der Waals surface area contributed by atoms with Crippen LogP contribution in [0, 0.1) is 0 Å². The van der Waals surface area contributed by atoms with E-state index in [1.165, 1.54) is 5.69 Å². The lowest BCUT2D eigenvalue weighted by atomic mass is 10.0.